The molecule has 0 bridgehead atoms. The summed E-state index contributed by atoms with van der Waals surface area (Å²) in [4.78, 5) is 11.6. The minimum absolute atomic E-state index is 0.249. The van der Waals surface area contributed by atoms with Gasteiger partial charge in [0.1, 0.15) is 0 Å². The number of halogens is 1. The largest absolute Gasteiger partial charge is 0.335 e. The number of hydrogen-bond donors (Lipinski definition) is 2. The normalized spacial score (nSPS) is 14.6. The summed E-state index contributed by atoms with van der Waals surface area (Å²) in [5, 5.41) is 14.6. The lowest BCUT2D eigenvalue weighted by Crippen LogP contribution is -2.41. The minimum Gasteiger partial charge on any atom is -0.335 e. The van der Waals surface area contributed by atoms with Gasteiger partial charge in [-0.1, -0.05) is 11.6 Å². The van der Waals surface area contributed by atoms with Crippen LogP contribution in [0.25, 0.3) is 0 Å². The van der Waals surface area contributed by atoms with E-state index in [0.29, 0.717) is 16.3 Å². The maximum atomic E-state index is 11.6. The van der Waals surface area contributed by atoms with Crippen LogP contribution in [0, 0.1) is 11.3 Å². The summed E-state index contributed by atoms with van der Waals surface area (Å²) >= 11 is 5.94. The molecule has 1 aromatic carbocycles. The number of hydrogen-bond acceptors (Lipinski definition) is 2. The van der Waals surface area contributed by atoms with Crippen LogP contribution in [0.15, 0.2) is 18.2 Å². The van der Waals surface area contributed by atoms with E-state index < -0.39 is 0 Å². The summed E-state index contributed by atoms with van der Waals surface area (Å²) < 4.78 is 0. The highest BCUT2D eigenvalue weighted by molar-refractivity contribution is 6.33. The van der Waals surface area contributed by atoms with Gasteiger partial charge in [0.05, 0.1) is 22.3 Å². The molecule has 5 heteroatoms. The first kappa shape index (κ1) is 11.7. The van der Waals surface area contributed by atoms with Crippen molar-refractivity contribution >= 4 is 23.3 Å². The SMILES string of the molecule is N#Cc1ccc(NC(=O)NC2CCC2)c(Cl)c1. The third-order valence-corrected chi connectivity index (χ3v) is 3.10. The second-order valence-corrected chi connectivity index (χ2v) is 4.44. The first-order chi connectivity index (χ1) is 8.19. The summed E-state index contributed by atoms with van der Waals surface area (Å²) in [5.41, 5.74) is 0.988. The molecule has 0 saturated heterocycles. The van der Waals surface area contributed by atoms with Gasteiger partial charge in [-0.05, 0) is 37.5 Å². The Labute approximate surface area is 105 Å². The lowest BCUT2D eigenvalue weighted by molar-refractivity contribution is 0.240. The van der Waals surface area contributed by atoms with Gasteiger partial charge in [-0.15, -0.1) is 0 Å². The van der Waals surface area contributed by atoms with Crippen molar-refractivity contribution < 1.29 is 4.79 Å². The van der Waals surface area contributed by atoms with Crippen LogP contribution in [0.4, 0.5) is 10.5 Å². The Hall–Kier alpha value is -1.73. The second kappa shape index (κ2) is 5.07. The summed E-state index contributed by atoms with van der Waals surface area (Å²) in [6.45, 7) is 0. The van der Waals surface area contributed by atoms with Crippen LogP contribution in [0.2, 0.25) is 5.02 Å². The maximum absolute atomic E-state index is 11.6. The third-order valence-electron chi connectivity index (χ3n) is 2.79. The number of benzene rings is 1. The van der Waals surface area contributed by atoms with Gasteiger partial charge in [0.25, 0.3) is 0 Å². The summed E-state index contributed by atoms with van der Waals surface area (Å²) in [7, 11) is 0. The van der Waals surface area contributed by atoms with Gasteiger partial charge in [0, 0.05) is 6.04 Å². The van der Waals surface area contributed by atoms with Crippen molar-refractivity contribution in [1.82, 2.24) is 5.32 Å². The smallest absolute Gasteiger partial charge is 0.319 e. The molecule has 17 heavy (non-hydrogen) atoms. The lowest BCUT2D eigenvalue weighted by atomic mass is 9.93. The number of nitrogens with one attached hydrogen (secondary N) is 2. The summed E-state index contributed by atoms with van der Waals surface area (Å²) in [6.07, 6.45) is 3.24. The molecule has 88 valence electrons. The molecule has 0 heterocycles. The van der Waals surface area contributed by atoms with Crippen molar-refractivity contribution in [3.63, 3.8) is 0 Å². The first-order valence-electron chi connectivity index (χ1n) is 5.46. The van der Waals surface area contributed by atoms with E-state index in [0.717, 1.165) is 12.8 Å². The predicted molar refractivity (Wildman–Crippen MR) is 66.0 cm³/mol. The van der Waals surface area contributed by atoms with Crippen molar-refractivity contribution in [1.29, 1.82) is 5.26 Å². The average molecular weight is 250 g/mol. The fourth-order valence-electron chi connectivity index (χ4n) is 1.58. The minimum atomic E-state index is -0.249. The molecule has 0 unspecified atom stereocenters. The van der Waals surface area contributed by atoms with Crippen LogP contribution in [-0.2, 0) is 0 Å². The lowest BCUT2D eigenvalue weighted by Gasteiger charge is -2.26. The van der Waals surface area contributed by atoms with Crippen LogP contribution in [0.5, 0.6) is 0 Å². The second-order valence-electron chi connectivity index (χ2n) is 4.03. The fraction of sp³-hybridized carbons (Fsp3) is 0.333. The molecule has 0 aromatic heterocycles. The Morgan fingerprint density at radius 1 is 1.47 bits per heavy atom. The average Bonchev–Trinajstić information content (AvgIpc) is 2.26. The van der Waals surface area contributed by atoms with E-state index in [2.05, 4.69) is 10.6 Å². The van der Waals surface area contributed by atoms with Gasteiger partial charge in [-0.25, -0.2) is 4.79 Å². The molecule has 0 spiro atoms. The Morgan fingerprint density at radius 2 is 2.24 bits per heavy atom. The molecule has 2 N–H and O–H groups in total. The number of anilines is 1. The molecule has 0 aliphatic heterocycles. The molecule has 0 atom stereocenters. The van der Waals surface area contributed by atoms with E-state index in [-0.39, 0.29) is 12.1 Å². The Bertz CT molecular complexity index is 477. The standard InChI is InChI=1S/C12H12ClN3O/c13-10-6-8(7-14)4-5-11(10)16-12(17)15-9-2-1-3-9/h4-6,9H,1-3H2,(H2,15,16,17). The maximum Gasteiger partial charge on any atom is 0.319 e. The third kappa shape index (κ3) is 2.89. The molecule has 1 saturated carbocycles. The number of carbonyl (C=O) groups is 1. The highest BCUT2D eigenvalue weighted by Crippen LogP contribution is 2.23. The highest BCUT2D eigenvalue weighted by Gasteiger charge is 2.19. The Balaban J connectivity index is 1.98. The van der Waals surface area contributed by atoms with E-state index in [1.807, 2.05) is 6.07 Å². The zero-order chi connectivity index (χ0) is 12.3. The molecule has 0 radical (unpaired) electrons. The van der Waals surface area contributed by atoms with Crippen LogP contribution in [-0.4, -0.2) is 12.1 Å². The van der Waals surface area contributed by atoms with Crippen LogP contribution < -0.4 is 10.6 Å². The summed E-state index contributed by atoms with van der Waals surface area (Å²) in [6, 6.07) is 6.79. The predicted octanol–water partition coefficient (Wildman–Crippen LogP) is 2.89. The number of nitriles is 1. The number of amides is 2. The molecule has 1 fully saturated rings. The van der Waals surface area contributed by atoms with Gasteiger partial charge in [-0.3, -0.25) is 0 Å². The molecular weight excluding hydrogens is 238 g/mol. The van der Waals surface area contributed by atoms with Gasteiger partial charge in [0.15, 0.2) is 0 Å². The Morgan fingerprint density at radius 3 is 2.76 bits per heavy atom. The van der Waals surface area contributed by atoms with E-state index in [1.54, 1.807) is 12.1 Å². The topological polar surface area (TPSA) is 64.9 Å². The highest BCUT2D eigenvalue weighted by atomic mass is 35.5. The molecule has 2 amide bonds. The number of rotatable bonds is 2. The number of nitrogens with zero attached hydrogens (tertiary/aromatic N) is 1. The molecule has 1 aliphatic carbocycles. The molecule has 4 nitrogen and oxygen atoms in total. The molecule has 1 aromatic rings. The van der Waals surface area contributed by atoms with Gasteiger partial charge >= 0.3 is 6.03 Å². The van der Waals surface area contributed by atoms with E-state index >= 15 is 0 Å². The van der Waals surface area contributed by atoms with E-state index in [9.17, 15) is 4.79 Å². The van der Waals surface area contributed by atoms with Crippen molar-refractivity contribution in [3.8, 4) is 6.07 Å². The zero-order valence-corrected chi connectivity index (χ0v) is 9.92. The monoisotopic (exact) mass is 249 g/mol. The van der Waals surface area contributed by atoms with Gasteiger partial charge < -0.3 is 10.6 Å². The van der Waals surface area contributed by atoms with Gasteiger partial charge in [-0.2, -0.15) is 5.26 Å². The van der Waals surface area contributed by atoms with Crippen molar-refractivity contribution in [2.45, 2.75) is 25.3 Å². The fourth-order valence-corrected chi connectivity index (χ4v) is 1.81. The first-order valence-corrected chi connectivity index (χ1v) is 5.84. The van der Waals surface area contributed by atoms with Crippen LogP contribution >= 0.6 is 11.6 Å². The quantitative estimate of drug-likeness (QED) is 0.846. The van der Waals surface area contributed by atoms with Crippen molar-refractivity contribution in [3.05, 3.63) is 28.8 Å². The van der Waals surface area contributed by atoms with E-state index in [1.165, 1.54) is 12.5 Å². The van der Waals surface area contributed by atoms with Crippen LogP contribution in [0.3, 0.4) is 0 Å². The molecular formula is C12H12ClN3O. The van der Waals surface area contributed by atoms with Crippen LogP contribution in [0.1, 0.15) is 24.8 Å². The van der Waals surface area contributed by atoms with Crippen molar-refractivity contribution in [2.24, 2.45) is 0 Å². The number of carbonyl (C=O) groups excluding carboxylic acids is 1. The molecule has 2 rings (SSSR count). The molecule has 1 aliphatic rings. The van der Waals surface area contributed by atoms with Gasteiger partial charge in [0.2, 0.25) is 0 Å². The zero-order valence-electron chi connectivity index (χ0n) is 9.16. The number of urea groups is 1. The van der Waals surface area contributed by atoms with Crippen molar-refractivity contribution in [2.75, 3.05) is 5.32 Å². The Kier molecular flexibility index (Phi) is 3.50. The summed E-state index contributed by atoms with van der Waals surface area (Å²) in [5.74, 6) is 0. The van der Waals surface area contributed by atoms with E-state index in [4.69, 9.17) is 16.9 Å².